The Labute approximate surface area is 160 Å². The number of alkyl carbamates (subject to hydrolysis) is 1. The summed E-state index contributed by atoms with van der Waals surface area (Å²) in [5.74, 6) is 0. The van der Waals surface area contributed by atoms with Crippen molar-refractivity contribution in [3.63, 3.8) is 0 Å². The van der Waals surface area contributed by atoms with Crippen LogP contribution < -0.4 is 5.32 Å². The van der Waals surface area contributed by atoms with Crippen LogP contribution in [0.1, 0.15) is 26.5 Å². The Hall–Kier alpha value is -3.01. The second kappa shape index (κ2) is 8.12. The molecule has 3 rings (SSSR count). The third kappa shape index (κ3) is 5.23. The van der Waals surface area contributed by atoms with Crippen LogP contribution in [0.3, 0.4) is 0 Å². The number of hydrogen-bond donors (Lipinski definition) is 2. The average Bonchev–Trinajstić information content (AvgIpc) is 3.06. The van der Waals surface area contributed by atoms with Gasteiger partial charge in [0.15, 0.2) is 0 Å². The highest BCUT2D eigenvalue weighted by Gasteiger charge is 2.16. The van der Waals surface area contributed by atoms with Gasteiger partial charge in [0.25, 0.3) is 0 Å². The van der Waals surface area contributed by atoms with Crippen molar-refractivity contribution in [2.24, 2.45) is 0 Å². The first-order valence-electron chi connectivity index (χ1n) is 9.22. The zero-order chi connectivity index (χ0) is 19.3. The first-order chi connectivity index (χ1) is 12.9. The van der Waals surface area contributed by atoms with Gasteiger partial charge in [-0.25, -0.2) is 4.79 Å². The first kappa shape index (κ1) is 18.8. The number of hydrogen-bond acceptors (Lipinski definition) is 2. The minimum Gasteiger partial charge on any atom is -0.444 e. The third-order valence-electron chi connectivity index (χ3n) is 4.11. The van der Waals surface area contributed by atoms with Crippen LogP contribution in [0.4, 0.5) is 4.79 Å². The van der Waals surface area contributed by atoms with Crippen molar-refractivity contribution >= 4 is 6.09 Å². The first-order valence-corrected chi connectivity index (χ1v) is 9.22. The lowest BCUT2D eigenvalue weighted by atomic mass is 10.0. The van der Waals surface area contributed by atoms with E-state index >= 15 is 0 Å². The molecule has 27 heavy (non-hydrogen) atoms. The molecule has 0 unspecified atom stereocenters. The maximum atomic E-state index is 11.9. The van der Waals surface area contributed by atoms with E-state index in [0.29, 0.717) is 13.0 Å². The highest BCUT2D eigenvalue weighted by atomic mass is 16.6. The molecule has 0 bridgehead atoms. The van der Waals surface area contributed by atoms with E-state index in [4.69, 9.17) is 4.74 Å². The summed E-state index contributed by atoms with van der Waals surface area (Å²) < 4.78 is 5.30. The number of aromatic nitrogens is 1. The molecule has 0 fully saturated rings. The molecule has 1 amide bonds. The van der Waals surface area contributed by atoms with E-state index < -0.39 is 11.7 Å². The summed E-state index contributed by atoms with van der Waals surface area (Å²) in [5, 5.41) is 2.83. The van der Waals surface area contributed by atoms with Crippen molar-refractivity contribution < 1.29 is 9.53 Å². The lowest BCUT2D eigenvalue weighted by Gasteiger charge is -2.19. The highest BCUT2D eigenvalue weighted by Crippen LogP contribution is 2.29. The molecular formula is C23H26N2O2. The number of nitrogens with one attached hydrogen (secondary N) is 2. The van der Waals surface area contributed by atoms with Gasteiger partial charge in [-0.05, 0) is 38.0 Å². The van der Waals surface area contributed by atoms with Crippen LogP contribution in [0.15, 0.2) is 66.7 Å². The number of carbonyl (C=O) groups is 1. The maximum Gasteiger partial charge on any atom is 0.407 e. The summed E-state index contributed by atoms with van der Waals surface area (Å²) in [6.07, 6.45) is 0.301. The number of benzene rings is 2. The number of rotatable bonds is 5. The van der Waals surface area contributed by atoms with Gasteiger partial charge in [0, 0.05) is 29.9 Å². The van der Waals surface area contributed by atoms with Crippen LogP contribution in [-0.4, -0.2) is 23.2 Å². The fourth-order valence-electron chi connectivity index (χ4n) is 2.95. The molecule has 0 saturated carbocycles. The van der Waals surface area contributed by atoms with E-state index in [0.717, 1.165) is 28.1 Å². The van der Waals surface area contributed by atoms with Gasteiger partial charge in [-0.1, -0.05) is 60.7 Å². The maximum absolute atomic E-state index is 11.9. The molecule has 0 aliphatic heterocycles. The van der Waals surface area contributed by atoms with Crippen LogP contribution in [0.5, 0.6) is 0 Å². The van der Waals surface area contributed by atoms with Crippen LogP contribution in [0.2, 0.25) is 0 Å². The van der Waals surface area contributed by atoms with Crippen LogP contribution in [-0.2, 0) is 11.2 Å². The topological polar surface area (TPSA) is 54.1 Å². The Morgan fingerprint density at radius 3 is 2.15 bits per heavy atom. The molecule has 140 valence electrons. The fourth-order valence-corrected chi connectivity index (χ4v) is 2.95. The third-order valence-corrected chi connectivity index (χ3v) is 4.11. The Morgan fingerprint density at radius 1 is 0.963 bits per heavy atom. The number of ether oxygens (including phenoxy) is 1. The van der Waals surface area contributed by atoms with Gasteiger partial charge in [0.2, 0.25) is 0 Å². The number of carbonyl (C=O) groups excluding carboxylic acids is 1. The van der Waals surface area contributed by atoms with Gasteiger partial charge < -0.3 is 15.0 Å². The van der Waals surface area contributed by atoms with E-state index in [-0.39, 0.29) is 0 Å². The lowest BCUT2D eigenvalue weighted by molar-refractivity contribution is 0.0528. The van der Waals surface area contributed by atoms with Crippen molar-refractivity contribution in [2.75, 3.05) is 6.54 Å². The average molecular weight is 362 g/mol. The predicted octanol–water partition coefficient (Wildman–Crippen LogP) is 5.42. The lowest BCUT2D eigenvalue weighted by Crippen LogP contribution is -2.33. The minimum absolute atomic E-state index is 0.390. The summed E-state index contributed by atoms with van der Waals surface area (Å²) in [7, 11) is 0. The molecule has 0 spiro atoms. The molecule has 4 heteroatoms. The summed E-state index contributed by atoms with van der Waals surface area (Å²) in [5.41, 5.74) is 5.12. The Balaban J connectivity index is 1.79. The van der Waals surface area contributed by atoms with Crippen molar-refractivity contribution in [1.82, 2.24) is 10.3 Å². The van der Waals surface area contributed by atoms with Gasteiger partial charge >= 0.3 is 6.09 Å². The molecule has 1 aromatic heterocycles. The molecule has 3 aromatic rings. The molecule has 0 radical (unpaired) electrons. The molecular weight excluding hydrogens is 336 g/mol. The molecule has 4 nitrogen and oxygen atoms in total. The Morgan fingerprint density at radius 2 is 1.56 bits per heavy atom. The van der Waals surface area contributed by atoms with Gasteiger partial charge in [-0.3, -0.25) is 0 Å². The normalized spacial score (nSPS) is 11.2. The second-order valence-electron chi connectivity index (χ2n) is 7.49. The molecule has 0 aliphatic carbocycles. The monoisotopic (exact) mass is 362 g/mol. The molecule has 1 heterocycles. The smallest absolute Gasteiger partial charge is 0.407 e. The standard InChI is InChI=1S/C23H26N2O2/c1-23(2,3)27-22(26)24-15-14-20-19(17-10-6-4-7-11-17)16-21(25-20)18-12-8-5-9-13-18/h4-13,16,25H,14-15H2,1-3H3,(H,24,26). The van der Waals surface area contributed by atoms with Crippen molar-refractivity contribution in [2.45, 2.75) is 32.8 Å². The van der Waals surface area contributed by atoms with Crippen molar-refractivity contribution in [3.8, 4) is 22.4 Å². The zero-order valence-corrected chi connectivity index (χ0v) is 16.1. The van der Waals surface area contributed by atoms with Crippen LogP contribution in [0, 0.1) is 0 Å². The van der Waals surface area contributed by atoms with E-state index in [1.54, 1.807) is 0 Å². The summed E-state index contributed by atoms with van der Waals surface area (Å²) in [6.45, 7) is 6.08. The number of amides is 1. The minimum atomic E-state index is -0.494. The van der Waals surface area contributed by atoms with Gasteiger partial charge in [-0.15, -0.1) is 0 Å². The Bertz CT molecular complexity index is 878. The summed E-state index contributed by atoms with van der Waals surface area (Å²) in [6, 6.07) is 22.7. The summed E-state index contributed by atoms with van der Waals surface area (Å²) in [4.78, 5) is 15.4. The van der Waals surface area contributed by atoms with Crippen LogP contribution in [0.25, 0.3) is 22.4 Å². The molecule has 0 saturated heterocycles. The zero-order valence-electron chi connectivity index (χ0n) is 16.1. The van der Waals surface area contributed by atoms with Gasteiger partial charge in [0.05, 0.1) is 0 Å². The fraction of sp³-hybridized carbons (Fsp3) is 0.261. The van der Waals surface area contributed by atoms with Gasteiger partial charge in [-0.2, -0.15) is 0 Å². The predicted molar refractivity (Wildman–Crippen MR) is 110 cm³/mol. The van der Waals surface area contributed by atoms with E-state index in [1.165, 1.54) is 0 Å². The molecule has 0 aliphatic rings. The number of aromatic amines is 1. The van der Waals surface area contributed by atoms with Crippen LogP contribution >= 0.6 is 0 Å². The second-order valence-corrected chi connectivity index (χ2v) is 7.49. The Kier molecular flexibility index (Phi) is 5.65. The number of H-pyrrole nitrogens is 1. The van der Waals surface area contributed by atoms with Crippen molar-refractivity contribution in [3.05, 3.63) is 72.4 Å². The quantitative estimate of drug-likeness (QED) is 0.637. The molecule has 2 N–H and O–H groups in total. The summed E-state index contributed by atoms with van der Waals surface area (Å²) >= 11 is 0. The van der Waals surface area contributed by atoms with E-state index in [9.17, 15) is 4.79 Å². The largest absolute Gasteiger partial charge is 0.444 e. The molecule has 2 aromatic carbocycles. The SMILES string of the molecule is CC(C)(C)OC(=O)NCCc1[nH]c(-c2ccccc2)cc1-c1ccccc1. The van der Waals surface area contributed by atoms with E-state index in [2.05, 4.69) is 40.6 Å². The molecule has 0 atom stereocenters. The van der Waals surface area contributed by atoms with E-state index in [1.807, 2.05) is 57.2 Å². The van der Waals surface area contributed by atoms with Crippen molar-refractivity contribution in [1.29, 1.82) is 0 Å². The van der Waals surface area contributed by atoms with Gasteiger partial charge in [0.1, 0.15) is 5.60 Å². The highest BCUT2D eigenvalue weighted by molar-refractivity contribution is 5.74.